The highest BCUT2D eigenvalue weighted by atomic mass is 19.1. The predicted octanol–water partition coefficient (Wildman–Crippen LogP) is 3.26. The van der Waals surface area contributed by atoms with Gasteiger partial charge >= 0.3 is 5.97 Å². The monoisotopic (exact) mass is 397 g/mol. The van der Waals surface area contributed by atoms with E-state index in [9.17, 15) is 9.18 Å². The molecule has 1 aromatic heterocycles. The Morgan fingerprint density at radius 3 is 2.69 bits per heavy atom. The van der Waals surface area contributed by atoms with E-state index < -0.39 is 11.8 Å². The Bertz CT molecular complexity index is 1030. The molecule has 0 saturated heterocycles. The average molecular weight is 397 g/mol. The summed E-state index contributed by atoms with van der Waals surface area (Å²) in [5, 5.41) is 3.10. The molecule has 0 saturated carbocycles. The third kappa shape index (κ3) is 4.95. The summed E-state index contributed by atoms with van der Waals surface area (Å²) in [5.41, 5.74) is 7.72. The maximum absolute atomic E-state index is 13.8. The third-order valence-electron chi connectivity index (χ3n) is 4.06. The van der Waals surface area contributed by atoms with Gasteiger partial charge in [-0.15, -0.1) is 0 Å². The second kappa shape index (κ2) is 8.96. The van der Waals surface area contributed by atoms with Gasteiger partial charge in [0, 0.05) is 5.69 Å². The molecule has 0 atom stereocenters. The first-order valence-electron chi connectivity index (χ1n) is 8.86. The molecule has 3 aromatic rings. The Morgan fingerprint density at radius 1 is 1.17 bits per heavy atom. The fraction of sp³-hybridized carbons (Fsp3) is 0.200. The van der Waals surface area contributed by atoms with Crippen LogP contribution in [-0.4, -0.2) is 28.0 Å². The van der Waals surface area contributed by atoms with Crippen molar-refractivity contribution in [2.75, 3.05) is 18.2 Å². The zero-order valence-corrected chi connectivity index (χ0v) is 16.0. The summed E-state index contributed by atoms with van der Waals surface area (Å²) in [6.07, 6.45) is 0.826. The molecule has 150 valence electrons. The molecule has 1 heterocycles. The van der Waals surface area contributed by atoms with Crippen molar-refractivity contribution >= 4 is 23.6 Å². The molecule has 0 amide bonds. The number of nitrogens with one attached hydrogen (secondary N) is 1. The second-order valence-corrected chi connectivity index (χ2v) is 5.99. The van der Waals surface area contributed by atoms with E-state index in [-0.39, 0.29) is 35.6 Å². The molecule has 0 aliphatic rings. The maximum Gasteiger partial charge on any atom is 0.338 e. The van der Waals surface area contributed by atoms with Gasteiger partial charge in [0.1, 0.15) is 0 Å². The van der Waals surface area contributed by atoms with Gasteiger partial charge in [0.05, 0.1) is 12.7 Å². The van der Waals surface area contributed by atoms with Crippen LogP contribution in [0.15, 0.2) is 42.5 Å². The van der Waals surface area contributed by atoms with Crippen molar-refractivity contribution in [2.45, 2.75) is 20.0 Å². The standard InChI is InChI=1S/C20H20FN5O3/c1-3-12-6-4-5-7-15(12)23-20-25-17(24-19(22)26-20)11-29-18(27)13-8-9-16(28-2)14(21)10-13/h4-10H,3,11H2,1-2H3,(H3,22,23,24,25,26). The Labute approximate surface area is 166 Å². The highest BCUT2D eigenvalue weighted by Crippen LogP contribution is 2.20. The van der Waals surface area contributed by atoms with Gasteiger partial charge < -0.3 is 20.5 Å². The van der Waals surface area contributed by atoms with Crippen LogP contribution in [0.5, 0.6) is 5.75 Å². The minimum atomic E-state index is -0.726. The minimum absolute atomic E-state index is 0.0157. The van der Waals surface area contributed by atoms with Gasteiger partial charge in [-0.1, -0.05) is 25.1 Å². The molecular weight excluding hydrogens is 377 g/mol. The molecule has 0 radical (unpaired) electrons. The number of benzene rings is 2. The lowest BCUT2D eigenvalue weighted by atomic mass is 10.1. The van der Waals surface area contributed by atoms with Gasteiger partial charge in [-0.05, 0) is 36.2 Å². The van der Waals surface area contributed by atoms with Gasteiger partial charge in [0.2, 0.25) is 11.9 Å². The van der Waals surface area contributed by atoms with Crippen LogP contribution in [0, 0.1) is 5.82 Å². The number of aryl methyl sites for hydroxylation is 1. The number of para-hydroxylation sites is 1. The lowest BCUT2D eigenvalue weighted by Crippen LogP contribution is -2.11. The van der Waals surface area contributed by atoms with E-state index in [1.54, 1.807) is 0 Å². The van der Waals surface area contributed by atoms with Crippen LogP contribution in [0.1, 0.15) is 28.7 Å². The summed E-state index contributed by atoms with van der Waals surface area (Å²) in [6.45, 7) is 1.79. The molecule has 8 nitrogen and oxygen atoms in total. The number of hydrogen-bond donors (Lipinski definition) is 2. The topological polar surface area (TPSA) is 112 Å². The molecule has 29 heavy (non-hydrogen) atoms. The van der Waals surface area contributed by atoms with E-state index >= 15 is 0 Å². The quantitative estimate of drug-likeness (QED) is 0.584. The van der Waals surface area contributed by atoms with E-state index in [0.29, 0.717) is 0 Å². The molecule has 0 aliphatic carbocycles. The molecule has 0 unspecified atom stereocenters. The number of esters is 1. The number of anilines is 3. The van der Waals surface area contributed by atoms with Gasteiger partial charge in [-0.2, -0.15) is 15.0 Å². The third-order valence-corrected chi connectivity index (χ3v) is 4.06. The predicted molar refractivity (Wildman–Crippen MR) is 105 cm³/mol. The summed E-state index contributed by atoms with van der Waals surface area (Å²) in [6, 6.07) is 11.5. The van der Waals surface area contributed by atoms with Crippen molar-refractivity contribution in [1.29, 1.82) is 0 Å². The minimum Gasteiger partial charge on any atom is -0.494 e. The number of carbonyl (C=O) groups is 1. The zero-order valence-electron chi connectivity index (χ0n) is 16.0. The summed E-state index contributed by atoms with van der Waals surface area (Å²) in [5.74, 6) is -0.965. The second-order valence-electron chi connectivity index (χ2n) is 5.99. The highest BCUT2D eigenvalue weighted by Gasteiger charge is 2.13. The largest absolute Gasteiger partial charge is 0.494 e. The zero-order chi connectivity index (χ0) is 20.8. The van der Waals surface area contributed by atoms with Crippen LogP contribution in [0.2, 0.25) is 0 Å². The van der Waals surface area contributed by atoms with Gasteiger partial charge in [-0.3, -0.25) is 0 Å². The number of nitrogens with zero attached hydrogens (tertiary/aromatic N) is 3. The van der Waals surface area contributed by atoms with Crippen molar-refractivity contribution in [3.63, 3.8) is 0 Å². The fourth-order valence-electron chi connectivity index (χ4n) is 2.64. The Morgan fingerprint density at radius 2 is 1.97 bits per heavy atom. The number of hydrogen-bond acceptors (Lipinski definition) is 8. The van der Waals surface area contributed by atoms with E-state index in [4.69, 9.17) is 15.2 Å². The lowest BCUT2D eigenvalue weighted by Gasteiger charge is -2.11. The van der Waals surface area contributed by atoms with Gasteiger partial charge in [-0.25, -0.2) is 9.18 Å². The van der Waals surface area contributed by atoms with Crippen LogP contribution in [-0.2, 0) is 17.8 Å². The Hall–Kier alpha value is -3.75. The number of rotatable bonds is 7. The molecule has 0 bridgehead atoms. The summed E-state index contributed by atoms with van der Waals surface area (Å²) in [4.78, 5) is 24.4. The average Bonchev–Trinajstić information content (AvgIpc) is 2.72. The molecule has 3 rings (SSSR count). The van der Waals surface area contributed by atoms with Crippen molar-refractivity contribution < 1.29 is 18.7 Å². The van der Waals surface area contributed by atoms with Crippen molar-refractivity contribution in [3.05, 3.63) is 65.2 Å². The molecule has 0 fully saturated rings. The Kier molecular flexibility index (Phi) is 6.18. The first-order chi connectivity index (χ1) is 14.0. The maximum atomic E-state index is 13.8. The summed E-state index contributed by atoms with van der Waals surface area (Å²) < 4.78 is 23.7. The van der Waals surface area contributed by atoms with E-state index in [0.717, 1.165) is 23.7 Å². The van der Waals surface area contributed by atoms with Crippen LogP contribution in [0.4, 0.5) is 22.0 Å². The number of aromatic nitrogens is 3. The van der Waals surface area contributed by atoms with Crippen LogP contribution in [0.3, 0.4) is 0 Å². The van der Waals surface area contributed by atoms with Gasteiger partial charge in [0.25, 0.3) is 0 Å². The van der Waals surface area contributed by atoms with Crippen molar-refractivity contribution in [1.82, 2.24) is 15.0 Å². The number of halogens is 1. The first-order valence-corrected chi connectivity index (χ1v) is 8.86. The number of methoxy groups -OCH3 is 1. The molecule has 9 heteroatoms. The molecule has 3 N–H and O–H groups in total. The van der Waals surface area contributed by atoms with Crippen molar-refractivity contribution in [3.8, 4) is 5.75 Å². The molecular formula is C20H20FN5O3. The van der Waals surface area contributed by atoms with Crippen molar-refractivity contribution in [2.24, 2.45) is 0 Å². The first kappa shape index (κ1) is 20.0. The molecule has 0 spiro atoms. The summed E-state index contributed by atoms with van der Waals surface area (Å²) >= 11 is 0. The number of nitrogen functional groups attached to an aromatic ring is 1. The van der Waals surface area contributed by atoms with E-state index in [1.165, 1.54) is 19.2 Å². The summed E-state index contributed by atoms with van der Waals surface area (Å²) in [7, 11) is 1.34. The van der Waals surface area contributed by atoms with E-state index in [2.05, 4.69) is 20.3 Å². The number of nitrogens with two attached hydrogens (primary N) is 1. The number of ether oxygens (including phenoxy) is 2. The van der Waals surface area contributed by atoms with Gasteiger partial charge in [0.15, 0.2) is 24.0 Å². The highest BCUT2D eigenvalue weighted by molar-refractivity contribution is 5.89. The Balaban J connectivity index is 1.71. The SMILES string of the molecule is CCc1ccccc1Nc1nc(N)nc(COC(=O)c2ccc(OC)c(F)c2)n1. The molecule has 2 aromatic carbocycles. The smallest absolute Gasteiger partial charge is 0.338 e. The van der Waals surface area contributed by atoms with Crippen LogP contribution < -0.4 is 15.8 Å². The van der Waals surface area contributed by atoms with Crippen LogP contribution >= 0.6 is 0 Å². The van der Waals surface area contributed by atoms with Crippen LogP contribution in [0.25, 0.3) is 0 Å². The normalized spacial score (nSPS) is 10.4. The van der Waals surface area contributed by atoms with E-state index in [1.807, 2.05) is 31.2 Å². The number of carbonyl (C=O) groups excluding carboxylic acids is 1. The fourth-order valence-corrected chi connectivity index (χ4v) is 2.64. The molecule has 0 aliphatic heterocycles. The lowest BCUT2D eigenvalue weighted by molar-refractivity contribution is 0.0461.